The van der Waals surface area contributed by atoms with Gasteiger partial charge in [0.15, 0.2) is 0 Å². The number of benzene rings is 1. The van der Waals surface area contributed by atoms with Crippen molar-refractivity contribution in [3.63, 3.8) is 0 Å². The fraction of sp³-hybridized carbons (Fsp3) is 0.583. The van der Waals surface area contributed by atoms with Crippen LogP contribution in [0.4, 0.5) is 11.8 Å². The second kappa shape index (κ2) is 7.94. The van der Waals surface area contributed by atoms with Gasteiger partial charge < -0.3 is 15.3 Å². The molecule has 1 aromatic heterocycles. The van der Waals surface area contributed by atoms with Crippen molar-refractivity contribution >= 4 is 11.8 Å². The third-order valence-corrected chi connectivity index (χ3v) is 6.26. The standard InChI is InChI=1S/C24H34N4O/c1-16(2)21-14-22(27-23(26-21)25-20-7-5-6-8-20)28-12-11-17-13-19(24(3,4)29)10-9-18(17)15-28/h9-10,13-14,16,20,29H,5-8,11-12,15H2,1-4H3,(H,25,26,27). The molecular formula is C24H34N4O. The molecule has 0 bridgehead atoms. The van der Waals surface area contributed by atoms with Crippen LogP contribution in [-0.4, -0.2) is 27.7 Å². The summed E-state index contributed by atoms with van der Waals surface area (Å²) in [6.07, 6.45) is 5.98. The molecule has 0 amide bonds. The van der Waals surface area contributed by atoms with Gasteiger partial charge in [-0.25, -0.2) is 4.98 Å². The zero-order chi connectivity index (χ0) is 20.6. The second-order valence-corrected chi connectivity index (χ2v) is 9.47. The van der Waals surface area contributed by atoms with Gasteiger partial charge in [-0.3, -0.25) is 0 Å². The number of anilines is 2. The van der Waals surface area contributed by atoms with Gasteiger partial charge in [-0.1, -0.05) is 44.9 Å². The Labute approximate surface area is 174 Å². The molecule has 1 saturated carbocycles. The van der Waals surface area contributed by atoms with Crippen molar-refractivity contribution in [1.29, 1.82) is 0 Å². The average molecular weight is 395 g/mol. The summed E-state index contributed by atoms with van der Waals surface area (Å²) in [5.74, 6) is 2.16. The highest BCUT2D eigenvalue weighted by molar-refractivity contribution is 5.49. The monoisotopic (exact) mass is 394 g/mol. The summed E-state index contributed by atoms with van der Waals surface area (Å²) in [7, 11) is 0. The highest BCUT2D eigenvalue weighted by Gasteiger charge is 2.23. The first kappa shape index (κ1) is 20.1. The first-order valence-electron chi connectivity index (χ1n) is 11.0. The van der Waals surface area contributed by atoms with E-state index in [9.17, 15) is 5.11 Å². The van der Waals surface area contributed by atoms with Crippen LogP contribution in [0.2, 0.25) is 0 Å². The average Bonchev–Trinajstić information content (AvgIpc) is 3.19. The van der Waals surface area contributed by atoms with E-state index in [1.54, 1.807) is 0 Å². The number of nitrogens with zero attached hydrogens (tertiary/aromatic N) is 3. The first-order chi connectivity index (χ1) is 13.8. The van der Waals surface area contributed by atoms with E-state index in [-0.39, 0.29) is 0 Å². The lowest BCUT2D eigenvalue weighted by Gasteiger charge is -2.31. The van der Waals surface area contributed by atoms with E-state index in [0.717, 1.165) is 42.5 Å². The molecule has 1 aliphatic heterocycles. The van der Waals surface area contributed by atoms with Gasteiger partial charge in [0.25, 0.3) is 0 Å². The highest BCUT2D eigenvalue weighted by atomic mass is 16.3. The minimum Gasteiger partial charge on any atom is -0.386 e. The van der Waals surface area contributed by atoms with Crippen LogP contribution in [0.5, 0.6) is 0 Å². The van der Waals surface area contributed by atoms with Crippen LogP contribution in [0.15, 0.2) is 24.3 Å². The maximum absolute atomic E-state index is 10.3. The number of fused-ring (bicyclic) bond motifs is 1. The van der Waals surface area contributed by atoms with E-state index < -0.39 is 5.60 Å². The summed E-state index contributed by atoms with van der Waals surface area (Å²) in [6.45, 7) is 9.84. The van der Waals surface area contributed by atoms with E-state index >= 15 is 0 Å². The summed E-state index contributed by atoms with van der Waals surface area (Å²) in [5.41, 5.74) is 3.93. The van der Waals surface area contributed by atoms with Gasteiger partial charge in [0, 0.05) is 25.2 Å². The number of aliphatic hydroxyl groups is 1. The van der Waals surface area contributed by atoms with Crippen LogP contribution in [0, 0.1) is 0 Å². The molecule has 0 saturated heterocycles. The smallest absolute Gasteiger partial charge is 0.225 e. The molecule has 1 aliphatic carbocycles. The van der Waals surface area contributed by atoms with Gasteiger partial charge in [-0.2, -0.15) is 4.98 Å². The maximum Gasteiger partial charge on any atom is 0.225 e. The Balaban J connectivity index is 1.58. The summed E-state index contributed by atoms with van der Waals surface area (Å²) >= 11 is 0. The second-order valence-electron chi connectivity index (χ2n) is 9.47. The first-order valence-corrected chi connectivity index (χ1v) is 11.0. The van der Waals surface area contributed by atoms with Crippen molar-refractivity contribution in [2.75, 3.05) is 16.8 Å². The van der Waals surface area contributed by atoms with Gasteiger partial charge in [0.2, 0.25) is 5.95 Å². The van der Waals surface area contributed by atoms with Crippen LogP contribution >= 0.6 is 0 Å². The van der Waals surface area contributed by atoms with Crippen LogP contribution in [0.3, 0.4) is 0 Å². The molecule has 2 aromatic rings. The van der Waals surface area contributed by atoms with Crippen molar-refractivity contribution in [3.05, 3.63) is 46.6 Å². The molecule has 5 nitrogen and oxygen atoms in total. The van der Waals surface area contributed by atoms with E-state index in [4.69, 9.17) is 9.97 Å². The zero-order valence-electron chi connectivity index (χ0n) is 18.2. The van der Waals surface area contributed by atoms with E-state index in [1.165, 1.54) is 36.8 Å². The molecule has 1 aromatic carbocycles. The summed E-state index contributed by atoms with van der Waals surface area (Å²) < 4.78 is 0. The van der Waals surface area contributed by atoms with E-state index in [2.05, 4.69) is 48.3 Å². The van der Waals surface area contributed by atoms with Crippen LogP contribution in [0.25, 0.3) is 0 Å². The molecule has 0 radical (unpaired) electrons. The van der Waals surface area contributed by atoms with E-state index in [0.29, 0.717) is 12.0 Å². The normalized spacial score (nSPS) is 17.7. The van der Waals surface area contributed by atoms with Crippen molar-refractivity contribution in [1.82, 2.24) is 9.97 Å². The number of nitrogens with one attached hydrogen (secondary N) is 1. The molecule has 2 aliphatic rings. The molecule has 29 heavy (non-hydrogen) atoms. The Morgan fingerprint density at radius 3 is 2.55 bits per heavy atom. The van der Waals surface area contributed by atoms with Gasteiger partial charge in [0.1, 0.15) is 5.82 Å². The highest BCUT2D eigenvalue weighted by Crippen LogP contribution is 2.30. The Morgan fingerprint density at radius 2 is 1.86 bits per heavy atom. The Bertz CT molecular complexity index is 866. The molecule has 2 N–H and O–H groups in total. The van der Waals surface area contributed by atoms with Crippen LogP contribution in [-0.2, 0) is 18.6 Å². The quantitative estimate of drug-likeness (QED) is 0.767. The molecule has 0 atom stereocenters. The topological polar surface area (TPSA) is 61.3 Å². The van der Waals surface area contributed by atoms with Crippen molar-refractivity contribution < 1.29 is 5.11 Å². The molecule has 1 fully saturated rings. The summed E-state index contributed by atoms with van der Waals surface area (Å²) in [6, 6.07) is 9.04. The van der Waals surface area contributed by atoms with Gasteiger partial charge in [0.05, 0.1) is 11.3 Å². The predicted molar refractivity (Wildman–Crippen MR) is 118 cm³/mol. The predicted octanol–water partition coefficient (Wildman–Crippen LogP) is 4.74. The van der Waals surface area contributed by atoms with Gasteiger partial charge in [-0.05, 0) is 55.7 Å². The molecule has 2 heterocycles. The third kappa shape index (κ3) is 4.55. The zero-order valence-corrected chi connectivity index (χ0v) is 18.2. The SMILES string of the molecule is CC(C)c1cc(N2CCc3cc(C(C)(C)O)ccc3C2)nc(NC2CCCC2)n1. The third-order valence-electron chi connectivity index (χ3n) is 6.26. The lowest BCUT2D eigenvalue weighted by Crippen LogP contribution is -2.32. The Morgan fingerprint density at radius 1 is 1.10 bits per heavy atom. The fourth-order valence-corrected chi connectivity index (χ4v) is 4.36. The molecule has 5 heteroatoms. The lowest BCUT2D eigenvalue weighted by atomic mass is 9.91. The molecule has 156 valence electrons. The molecular weight excluding hydrogens is 360 g/mol. The number of hydrogen-bond acceptors (Lipinski definition) is 5. The Kier molecular flexibility index (Phi) is 5.52. The van der Waals surface area contributed by atoms with Crippen molar-refractivity contribution in [3.8, 4) is 0 Å². The molecule has 4 rings (SSSR count). The van der Waals surface area contributed by atoms with Gasteiger partial charge in [-0.15, -0.1) is 0 Å². The lowest BCUT2D eigenvalue weighted by molar-refractivity contribution is 0.0785. The largest absolute Gasteiger partial charge is 0.386 e. The van der Waals surface area contributed by atoms with Crippen LogP contribution < -0.4 is 10.2 Å². The minimum atomic E-state index is -0.800. The number of aromatic nitrogens is 2. The maximum atomic E-state index is 10.3. The van der Waals surface area contributed by atoms with Crippen molar-refractivity contribution in [2.45, 2.75) is 83.9 Å². The number of hydrogen-bond donors (Lipinski definition) is 2. The van der Waals surface area contributed by atoms with Gasteiger partial charge >= 0.3 is 0 Å². The van der Waals surface area contributed by atoms with Crippen molar-refractivity contribution in [2.24, 2.45) is 0 Å². The minimum absolute atomic E-state index is 0.368. The Hall–Kier alpha value is -2.14. The summed E-state index contributed by atoms with van der Waals surface area (Å²) in [5, 5.41) is 13.9. The molecule has 0 unspecified atom stereocenters. The van der Waals surface area contributed by atoms with E-state index in [1.807, 2.05) is 13.8 Å². The molecule has 0 spiro atoms. The fourth-order valence-electron chi connectivity index (χ4n) is 4.36. The number of rotatable bonds is 5. The summed E-state index contributed by atoms with van der Waals surface area (Å²) in [4.78, 5) is 12.1. The van der Waals surface area contributed by atoms with Crippen LogP contribution in [0.1, 0.15) is 81.7 Å².